The van der Waals surface area contributed by atoms with E-state index in [0.29, 0.717) is 0 Å². The summed E-state index contributed by atoms with van der Waals surface area (Å²) in [6.45, 7) is 0.902. The zero-order valence-electron chi connectivity index (χ0n) is 11.3. The maximum absolute atomic E-state index is 11.6. The summed E-state index contributed by atoms with van der Waals surface area (Å²) < 4.78 is 11.6. The molecule has 0 bridgehead atoms. The second-order valence-corrected chi connectivity index (χ2v) is 4.25. The maximum Gasteiger partial charge on any atom is 0.303 e. The Kier molecular flexibility index (Phi) is 4.50. The number of fused-ring (bicyclic) bond motifs is 1. The highest BCUT2D eigenvalue weighted by molar-refractivity contribution is 5.70. The minimum Gasteiger partial charge on any atom is -0.458 e. The molecule has 114 valence electrons. The summed E-state index contributed by atoms with van der Waals surface area (Å²) in [6.07, 6.45) is 0.630. The van der Waals surface area contributed by atoms with Crippen molar-refractivity contribution in [3.05, 3.63) is 16.7 Å². The molecule has 0 amide bonds. The van der Waals surface area contributed by atoms with Crippen molar-refractivity contribution in [2.75, 3.05) is 18.9 Å². The fourth-order valence-corrected chi connectivity index (χ4v) is 1.71. The second kappa shape index (κ2) is 6.33. The highest BCUT2D eigenvalue weighted by Crippen LogP contribution is 2.06. The first-order valence-corrected chi connectivity index (χ1v) is 6.07. The van der Waals surface area contributed by atoms with Crippen LogP contribution in [0.3, 0.4) is 0 Å². The summed E-state index contributed by atoms with van der Waals surface area (Å²) in [5.74, 6) is -0.533. The molecule has 0 aliphatic carbocycles. The van der Waals surface area contributed by atoms with E-state index < -0.39 is 17.6 Å². The van der Waals surface area contributed by atoms with Gasteiger partial charge in [0.05, 0.1) is 19.5 Å². The minimum atomic E-state index is -0.751. The van der Waals surface area contributed by atoms with E-state index in [9.17, 15) is 9.59 Å². The van der Waals surface area contributed by atoms with E-state index in [1.165, 1.54) is 17.8 Å². The molecule has 0 radical (unpaired) electrons. The van der Waals surface area contributed by atoms with E-state index in [2.05, 4.69) is 15.0 Å². The summed E-state index contributed by atoms with van der Waals surface area (Å²) in [4.78, 5) is 32.6. The summed E-state index contributed by atoms with van der Waals surface area (Å²) in [6, 6.07) is 0. The first-order chi connectivity index (χ1) is 10.0. The highest BCUT2D eigenvalue weighted by atomic mass is 16.6. The molecule has 2 aromatic rings. The number of hydrogen-bond acceptors (Lipinski definition) is 8. The number of rotatable bonds is 6. The molecule has 0 fully saturated rings. The van der Waals surface area contributed by atoms with Crippen LogP contribution in [0.2, 0.25) is 0 Å². The third-order valence-corrected chi connectivity index (χ3v) is 2.56. The molecule has 0 saturated heterocycles. The number of imidazole rings is 1. The number of nitrogen functional groups attached to an aromatic ring is 1. The zero-order chi connectivity index (χ0) is 15.4. The van der Waals surface area contributed by atoms with Crippen molar-refractivity contribution >= 4 is 23.1 Å². The van der Waals surface area contributed by atoms with Gasteiger partial charge in [0.1, 0.15) is 12.8 Å². The number of hydrogen-bond donors (Lipinski definition) is 3. The van der Waals surface area contributed by atoms with E-state index in [1.54, 1.807) is 0 Å². The first-order valence-electron chi connectivity index (χ1n) is 6.07. The second-order valence-electron chi connectivity index (χ2n) is 4.25. The number of aromatic amines is 1. The van der Waals surface area contributed by atoms with Gasteiger partial charge in [0.15, 0.2) is 11.2 Å². The van der Waals surface area contributed by atoms with Gasteiger partial charge in [0.2, 0.25) is 5.95 Å². The van der Waals surface area contributed by atoms with E-state index in [1.807, 2.05) is 0 Å². The van der Waals surface area contributed by atoms with Gasteiger partial charge in [-0.25, -0.2) is 4.98 Å². The molecule has 0 aromatic carbocycles. The summed E-state index contributed by atoms with van der Waals surface area (Å²) in [5, 5.41) is 9.03. The van der Waals surface area contributed by atoms with Crippen molar-refractivity contribution in [1.82, 2.24) is 19.5 Å². The first kappa shape index (κ1) is 14.9. The number of esters is 1. The van der Waals surface area contributed by atoms with E-state index in [4.69, 9.17) is 20.3 Å². The van der Waals surface area contributed by atoms with Crippen LogP contribution in [0.5, 0.6) is 0 Å². The number of ether oxygens (including phenoxy) is 2. The minimum absolute atomic E-state index is 0.00553. The summed E-state index contributed by atoms with van der Waals surface area (Å²) in [5.41, 5.74) is 5.45. The fourth-order valence-electron chi connectivity index (χ4n) is 1.71. The lowest BCUT2D eigenvalue weighted by molar-refractivity contribution is -0.152. The van der Waals surface area contributed by atoms with Gasteiger partial charge >= 0.3 is 5.97 Å². The number of carbonyl (C=O) groups excluding carboxylic acids is 1. The Morgan fingerprint density at radius 3 is 3.05 bits per heavy atom. The number of aromatic nitrogens is 4. The van der Waals surface area contributed by atoms with Gasteiger partial charge in [0.25, 0.3) is 5.56 Å². The molecule has 21 heavy (non-hydrogen) atoms. The largest absolute Gasteiger partial charge is 0.458 e. The molecule has 2 rings (SSSR count). The van der Waals surface area contributed by atoms with Gasteiger partial charge in [0, 0.05) is 6.92 Å². The number of anilines is 1. The normalized spacial score (nSPS) is 12.5. The van der Waals surface area contributed by atoms with Gasteiger partial charge in [-0.05, 0) is 0 Å². The SMILES string of the molecule is CC(=O)O[C@H](CO)COCn1cnc2c(=O)[nH]c(N)nc21. The lowest BCUT2D eigenvalue weighted by atomic mass is 10.4. The molecule has 2 aromatic heterocycles. The third kappa shape index (κ3) is 3.55. The number of H-pyrrole nitrogens is 1. The van der Waals surface area contributed by atoms with Gasteiger partial charge in [-0.2, -0.15) is 4.98 Å². The Labute approximate surface area is 118 Å². The monoisotopic (exact) mass is 297 g/mol. The topological polar surface area (TPSA) is 145 Å². The summed E-state index contributed by atoms with van der Waals surface area (Å²) in [7, 11) is 0. The van der Waals surface area contributed by atoms with Crippen molar-refractivity contribution in [2.45, 2.75) is 19.8 Å². The van der Waals surface area contributed by atoms with Crippen LogP contribution < -0.4 is 11.3 Å². The van der Waals surface area contributed by atoms with Crippen molar-refractivity contribution in [3.8, 4) is 0 Å². The van der Waals surface area contributed by atoms with Crippen LogP contribution >= 0.6 is 0 Å². The number of carbonyl (C=O) groups is 1. The molecule has 1 atom stereocenters. The lowest BCUT2D eigenvalue weighted by Gasteiger charge is -2.14. The van der Waals surface area contributed by atoms with Gasteiger partial charge in [-0.15, -0.1) is 0 Å². The van der Waals surface area contributed by atoms with Gasteiger partial charge in [-0.3, -0.25) is 19.1 Å². The highest BCUT2D eigenvalue weighted by Gasteiger charge is 2.12. The predicted octanol–water partition coefficient (Wildman–Crippen LogP) is -1.40. The van der Waals surface area contributed by atoms with Crippen LogP contribution in [0.1, 0.15) is 6.92 Å². The van der Waals surface area contributed by atoms with Crippen molar-refractivity contribution in [1.29, 1.82) is 0 Å². The fraction of sp³-hybridized carbons (Fsp3) is 0.455. The average molecular weight is 297 g/mol. The molecule has 10 heteroatoms. The number of nitrogens with one attached hydrogen (secondary N) is 1. The van der Waals surface area contributed by atoms with E-state index in [0.717, 1.165) is 0 Å². The van der Waals surface area contributed by atoms with E-state index >= 15 is 0 Å². The molecule has 0 unspecified atom stereocenters. The smallest absolute Gasteiger partial charge is 0.303 e. The Balaban J connectivity index is 2.04. The lowest BCUT2D eigenvalue weighted by Crippen LogP contribution is -2.26. The number of aliphatic hydroxyl groups is 1. The molecule has 10 nitrogen and oxygen atoms in total. The third-order valence-electron chi connectivity index (χ3n) is 2.56. The average Bonchev–Trinajstić information content (AvgIpc) is 2.80. The van der Waals surface area contributed by atoms with Crippen molar-refractivity contribution < 1.29 is 19.4 Å². The van der Waals surface area contributed by atoms with Crippen molar-refractivity contribution in [3.63, 3.8) is 0 Å². The Hall–Kier alpha value is -2.46. The molecule has 0 aliphatic heterocycles. The van der Waals surface area contributed by atoms with Crippen LogP contribution in [0.25, 0.3) is 11.2 Å². The molecular weight excluding hydrogens is 282 g/mol. The Morgan fingerprint density at radius 2 is 2.38 bits per heavy atom. The molecule has 0 spiro atoms. The molecular formula is C11H15N5O5. The van der Waals surface area contributed by atoms with Crippen LogP contribution in [0.15, 0.2) is 11.1 Å². The predicted molar refractivity (Wildman–Crippen MR) is 71.2 cm³/mol. The van der Waals surface area contributed by atoms with Crippen molar-refractivity contribution in [2.24, 2.45) is 0 Å². The van der Waals surface area contributed by atoms with Gasteiger partial charge < -0.3 is 20.3 Å². The zero-order valence-corrected chi connectivity index (χ0v) is 11.3. The van der Waals surface area contributed by atoms with Crippen LogP contribution in [-0.4, -0.2) is 49.9 Å². The Bertz CT molecular complexity index is 694. The summed E-state index contributed by atoms with van der Waals surface area (Å²) >= 11 is 0. The molecule has 0 aliphatic rings. The van der Waals surface area contributed by atoms with Crippen LogP contribution in [0, 0.1) is 0 Å². The quantitative estimate of drug-likeness (QED) is 0.552. The van der Waals surface area contributed by atoms with E-state index in [-0.39, 0.29) is 37.1 Å². The Morgan fingerprint density at radius 1 is 1.62 bits per heavy atom. The standard InChI is InChI=1S/C11H15N5O5/c1-6(18)21-7(2-17)3-20-5-16-4-13-8-9(16)14-11(12)15-10(8)19/h4,7,17H,2-3,5H2,1H3,(H3,12,14,15,19)/t7-/m1/s1. The molecule has 0 saturated carbocycles. The number of nitrogens with zero attached hydrogens (tertiary/aromatic N) is 3. The molecule has 2 heterocycles. The van der Waals surface area contributed by atoms with Crippen LogP contribution in [0.4, 0.5) is 5.95 Å². The number of nitrogens with two attached hydrogens (primary N) is 1. The molecule has 4 N–H and O–H groups in total. The van der Waals surface area contributed by atoms with Gasteiger partial charge in [-0.1, -0.05) is 0 Å². The number of aliphatic hydroxyl groups excluding tert-OH is 1. The maximum atomic E-state index is 11.6. The van der Waals surface area contributed by atoms with Crippen LogP contribution in [-0.2, 0) is 21.0 Å².